The summed E-state index contributed by atoms with van der Waals surface area (Å²) >= 11 is 0. The van der Waals surface area contributed by atoms with E-state index in [2.05, 4.69) is 0 Å². The lowest BCUT2D eigenvalue weighted by molar-refractivity contribution is -0.140. The fraction of sp³-hybridized carbons (Fsp3) is 0.238. The molecule has 0 saturated carbocycles. The molecule has 2 aromatic carbocycles. The van der Waals surface area contributed by atoms with E-state index < -0.39 is 17.7 Å². The lowest BCUT2D eigenvalue weighted by atomic mass is 9.95. The molecular weight excluding hydrogens is 314 g/mol. The third-order valence-corrected chi connectivity index (χ3v) is 4.26. The predicted octanol–water partition coefficient (Wildman–Crippen LogP) is 3.76. The van der Waals surface area contributed by atoms with Crippen LogP contribution >= 0.6 is 0 Å². The molecule has 0 radical (unpaired) electrons. The van der Waals surface area contributed by atoms with Crippen LogP contribution in [0.2, 0.25) is 0 Å². The van der Waals surface area contributed by atoms with Gasteiger partial charge in [-0.05, 0) is 11.5 Å². The van der Waals surface area contributed by atoms with Gasteiger partial charge in [0.15, 0.2) is 0 Å². The second kappa shape index (κ2) is 6.93. The van der Waals surface area contributed by atoms with Gasteiger partial charge in [-0.1, -0.05) is 74.5 Å². The largest absolute Gasteiger partial charge is 0.507 e. The normalized spacial score (nSPS) is 19.6. The first-order valence-electron chi connectivity index (χ1n) is 8.39. The van der Waals surface area contributed by atoms with Crippen LogP contribution in [0.15, 0.2) is 66.2 Å². The molecule has 0 aromatic heterocycles. The first kappa shape index (κ1) is 17.0. The van der Waals surface area contributed by atoms with E-state index >= 15 is 0 Å². The minimum Gasteiger partial charge on any atom is -0.507 e. The summed E-state index contributed by atoms with van der Waals surface area (Å²) in [6.07, 6.45) is 0. The lowest BCUT2D eigenvalue weighted by Crippen LogP contribution is -2.33. The van der Waals surface area contributed by atoms with Gasteiger partial charge < -0.3 is 10.0 Å². The van der Waals surface area contributed by atoms with Gasteiger partial charge in [0.05, 0.1) is 11.6 Å². The number of rotatable bonds is 4. The van der Waals surface area contributed by atoms with Gasteiger partial charge >= 0.3 is 0 Å². The molecule has 0 unspecified atom stereocenters. The fourth-order valence-corrected chi connectivity index (χ4v) is 3.20. The van der Waals surface area contributed by atoms with Crippen molar-refractivity contribution in [3.63, 3.8) is 0 Å². The van der Waals surface area contributed by atoms with E-state index in [9.17, 15) is 14.7 Å². The van der Waals surface area contributed by atoms with Gasteiger partial charge in [0.25, 0.3) is 11.7 Å². The SMILES string of the molecule is CC(C)CN1C(=O)C(=O)C(=C(O)c2ccccc2)[C@H]1c1ccccc1. The molecule has 128 valence electrons. The minimum atomic E-state index is -0.629. The summed E-state index contributed by atoms with van der Waals surface area (Å²) < 4.78 is 0. The Kier molecular flexibility index (Phi) is 4.70. The Balaban J connectivity index is 2.18. The van der Waals surface area contributed by atoms with Gasteiger partial charge in [-0.25, -0.2) is 0 Å². The maximum Gasteiger partial charge on any atom is 0.295 e. The molecule has 1 amide bonds. The highest BCUT2D eigenvalue weighted by Gasteiger charge is 2.45. The van der Waals surface area contributed by atoms with Gasteiger partial charge in [0, 0.05) is 12.1 Å². The standard InChI is InChI=1S/C21H21NO3/c1-14(2)13-22-18(15-9-5-3-6-10-15)17(20(24)21(22)25)19(23)16-11-7-4-8-12-16/h3-12,14,18,23H,13H2,1-2H3/t18-/m1/s1. The van der Waals surface area contributed by atoms with Crippen molar-refractivity contribution in [1.29, 1.82) is 0 Å². The number of ketones is 1. The van der Waals surface area contributed by atoms with Gasteiger partial charge in [0.1, 0.15) is 5.76 Å². The Morgan fingerprint density at radius 3 is 2.12 bits per heavy atom. The molecule has 1 saturated heterocycles. The minimum absolute atomic E-state index is 0.126. The number of likely N-dealkylation sites (tertiary alicyclic amines) is 1. The van der Waals surface area contributed by atoms with Gasteiger partial charge in [-0.2, -0.15) is 0 Å². The second-order valence-corrected chi connectivity index (χ2v) is 6.62. The van der Waals surface area contributed by atoms with E-state index in [1.54, 1.807) is 29.2 Å². The number of hydrogen-bond acceptors (Lipinski definition) is 3. The zero-order valence-electron chi connectivity index (χ0n) is 14.3. The van der Waals surface area contributed by atoms with Crippen LogP contribution in [0.3, 0.4) is 0 Å². The topological polar surface area (TPSA) is 57.6 Å². The van der Waals surface area contributed by atoms with E-state index in [0.29, 0.717) is 12.1 Å². The van der Waals surface area contributed by atoms with Crippen LogP contribution in [0, 0.1) is 5.92 Å². The van der Waals surface area contributed by atoms with Crippen molar-refractivity contribution in [2.24, 2.45) is 5.92 Å². The van der Waals surface area contributed by atoms with Gasteiger partial charge in [-0.15, -0.1) is 0 Å². The summed E-state index contributed by atoms with van der Waals surface area (Å²) in [4.78, 5) is 26.9. The lowest BCUT2D eigenvalue weighted by Gasteiger charge is -2.26. The Morgan fingerprint density at radius 1 is 1.00 bits per heavy atom. The molecule has 1 N–H and O–H groups in total. The van der Waals surface area contributed by atoms with E-state index in [4.69, 9.17) is 0 Å². The molecule has 25 heavy (non-hydrogen) atoms. The number of amides is 1. The molecule has 4 heteroatoms. The van der Waals surface area contributed by atoms with Crippen molar-refractivity contribution in [2.75, 3.05) is 6.54 Å². The highest BCUT2D eigenvalue weighted by atomic mass is 16.3. The molecular formula is C21H21NO3. The zero-order valence-corrected chi connectivity index (χ0v) is 14.3. The number of carbonyl (C=O) groups excluding carboxylic acids is 2. The highest BCUT2D eigenvalue weighted by molar-refractivity contribution is 6.46. The van der Waals surface area contributed by atoms with E-state index in [1.807, 2.05) is 50.2 Å². The van der Waals surface area contributed by atoms with Crippen molar-refractivity contribution < 1.29 is 14.7 Å². The van der Waals surface area contributed by atoms with E-state index in [-0.39, 0.29) is 17.3 Å². The maximum atomic E-state index is 12.7. The van der Waals surface area contributed by atoms with Crippen molar-refractivity contribution in [3.05, 3.63) is 77.4 Å². The van der Waals surface area contributed by atoms with Crippen LogP contribution in [-0.2, 0) is 9.59 Å². The monoisotopic (exact) mass is 335 g/mol. The highest BCUT2D eigenvalue weighted by Crippen LogP contribution is 2.39. The third-order valence-electron chi connectivity index (χ3n) is 4.26. The molecule has 0 aliphatic carbocycles. The molecule has 1 atom stereocenters. The van der Waals surface area contributed by atoms with Crippen molar-refractivity contribution >= 4 is 17.4 Å². The number of benzene rings is 2. The van der Waals surface area contributed by atoms with Crippen LogP contribution in [0.4, 0.5) is 0 Å². The Morgan fingerprint density at radius 2 is 1.56 bits per heavy atom. The molecule has 1 fully saturated rings. The Labute approximate surface area is 147 Å². The zero-order chi connectivity index (χ0) is 18.0. The average molecular weight is 335 g/mol. The van der Waals surface area contributed by atoms with Gasteiger partial charge in [-0.3, -0.25) is 9.59 Å². The molecule has 3 rings (SSSR count). The van der Waals surface area contributed by atoms with E-state index in [0.717, 1.165) is 5.56 Å². The fourth-order valence-electron chi connectivity index (χ4n) is 3.20. The summed E-state index contributed by atoms with van der Waals surface area (Å²) in [5, 5.41) is 10.8. The smallest absolute Gasteiger partial charge is 0.295 e. The first-order chi connectivity index (χ1) is 12.0. The quantitative estimate of drug-likeness (QED) is 0.526. The third kappa shape index (κ3) is 3.20. The van der Waals surface area contributed by atoms with Crippen LogP contribution in [-0.4, -0.2) is 28.2 Å². The van der Waals surface area contributed by atoms with Crippen LogP contribution in [0.1, 0.15) is 31.0 Å². The van der Waals surface area contributed by atoms with Crippen LogP contribution in [0.5, 0.6) is 0 Å². The van der Waals surface area contributed by atoms with Gasteiger partial charge in [0.2, 0.25) is 0 Å². The summed E-state index contributed by atoms with van der Waals surface area (Å²) in [7, 11) is 0. The number of hydrogen-bond donors (Lipinski definition) is 1. The van der Waals surface area contributed by atoms with Crippen molar-refractivity contribution in [1.82, 2.24) is 4.90 Å². The molecule has 1 aliphatic rings. The molecule has 4 nitrogen and oxygen atoms in total. The average Bonchev–Trinajstić information content (AvgIpc) is 2.87. The summed E-state index contributed by atoms with van der Waals surface area (Å²) in [5.41, 5.74) is 1.51. The number of carbonyl (C=O) groups is 2. The summed E-state index contributed by atoms with van der Waals surface area (Å²) in [6.45, 7) is 4.45. The second-order valence-electron chi connectivity index (χ2n) is 6.62. The molecule has 2 aromatic rings. The Hall–Kier alpha value is -2.88. The summed E-state index contributed by atoms with van der Waals surface area (Å²) in [5.74, 6) is -1.10. The molecule has 1 aliphatic heterocycles. The molecule has 0 bridgehead atoms. The number of aliphatic hydroxyl groups excluding tert-OH is 1. The number of Topliss-reactive ketones (excluding diaryl/α,β-unsaturated/α-hetero) is 1. The number of aliphatic hydroxyl groups is 1. The molecule has 0 spiro atoms. The summed E-state index contributed by atoms with van der Waals surface area (Å²) in [6, 6.07) is 17.7. The Bertz CT molecular complexity index is 810. The van der Waals surface area contributed by atoms with Crippen LogP contribution in [0.25, 0.3) is 5.76 Å². The first-order valence-corrected chi connectivity index (χ1v) is 8.39. The predicted molar refractivity (Wildman–Crippen MR) is 96.7 cm³/mol. The van der Waals surface area contributed by atoms with E-state index in [1.165, 1.54) is 0 Å². The molecule has 1 heterocycles. The number of nitrogens with zero attached hydrogens (tertiary/aromatic N) is 1. The maximum absolute atomic E-state index is 12.7. The van der Waals surface area contributed by atoms with Crippen molar-refractivity contribution in [3.8, 4) is 0 Å². The van der Waals surface area contributed by atoms with Crippen LogP contribution < -0.4 is 0 Å². The van der Waals surface area contributed by atoms with Crippen molar-refractivity contribution in [2.45, 2.75) is 19.9 Å².